The third-order valence-corrected chi connectivity index (χ3v) is 5.89. The number of halogens is 3. The molecule has 0 aliphatic carbocycles. The van der Waals surface area contributed by atoms with Gasteiger partial charge in [0, 0.05) is 24.9 Å². The van der Waals surface area contributed by atoms with Gasteiger partial charge in [0.1, 0.15) is 30.0 Å². The lowest BCUT2D eigenvalue weighted by Gasteiger charge is -2.11. The first kappa shape index (κ1) is 25.6. The topological polar surface area (TPSA) is 143 Å². The lowest BCUT2D eigenvalue weighted by molar-refractivity contribution is -0.141. The van der Waals surface area contributed by atoms with E-state index in [1.807, 2.05) is 0 Å². The van der Waals surface area contributed by atoms with Crippen LogP contribution < -0.4 is 16.6 Å². The zero-order valence-electron chi connectivity index (χ0n) is 20.4. The number of anilines is 1. The number of aromatic nitrogens is 7. The first-order valence-corrected chi connectivity index (χ1v) is 11.4. The van der Waals surface area contributed by atoms with Crippen molar-refractivity contribution in [3.8, 4) is 11.3 Å². The Labute approximate surface area is 216 Å². The van der Waals surface area contributed by atoms with Crippen LogP contribution in [0.1, 0.15) is 17.0 Å². The van der Waals surface area contributed by atoms with E-state index in [0.29, 0.717) is 17.0 Å². The summed E-state index contributed by atoms with van der Waals surface area (Å²) in [5.74, 6) is -0.424. The van der Waals surface area contributed by atoms with Crippen LogP contribution in [-0.4, -0.2) is 39.7 Å². The molecule has 5 rings (SSSR count). The van der Waals surface area contributed by atoms with Crippen molar-refractivity contribution >= 4 is 22.9 Å². The minimum atomic E-state index is -4.57. The number of carbonyl (C=O) groups excluding carboxylic acids is 1. The van der Waals surface area contributed by atoms with E-state index in [0.717, 1.165) is 10.8 Å². The predicted molar refractivity (Wildman–Crippen MR) is 131 cm³/mol. The largest absolute Gasteiger partial charge is 0.433 e. The summed E-state index contributed by atoms with van der Waals surface area (Å²) >= 11 is 0. The minimum Gasteiger partial charge on any atom is -0.364 e. The van der Waals surface area contributed by atoms with Gasteiger partial charge in [-0.05, 0) is 30.7 Å². The lowest BCUT2D eigenvalue weighted by Crippen LogP contribution is -2.40. The standard InChI is InChI=1S/C24H19F3N8O4/c1-13-8-14(9-28-20(13)24(25,26)27)16-4-3-5-17(30-16)31-18(36)11-34-12-29-21-19(34)22(37)35(23(38)33(21)2)10-15-6-7-39-32-15/h3-9,12H,10-11H2,1-2H3,(H,30,31,36). The summed E-state index contributed by atoms with van der Waals surface area (Å²) in [6.07, 6.45) is -0.924. The van der Waals surface area contributed by atoms with Gasteiger partial charge < -0.3 is 14.4 Å². The lowest BCUT2D eigenvalue weighted by atomic mass is 10.1. The third kappa shape index (κ3) is 4.93. The van der Waals surface area contributed by atoms with E-state index >= 15 is 0 Å². The molecule has 1 amide bonds. The van der Waals surface area contributed by atoms with E-state index < -0.39 is 29.0 Å². The summed E-state index contributed by atoms with van der Waals surface area (Å²) in [6.45, 7) is 0.834. The number of imidazole rings is 1. The van der Waals surface area contributed by atoms with Crippen LogP contribution in [0.4, 0.5) is 19.0 Å². The van der Waals surface area contributed by atoms with Crippen molar-refractivity contribution in [3.05, 3.63) is 86.9 Å². The average molecular weight is 540 g/mol. The van der Waals surface area contributed by atoms with Crippen molar-refractivity contribution in [3.63, 3.8) is 0 Å². The number of rotatable bonds is 6. The predicted octanol–water partition coefficient (Wildman–Crippen LogP) is 2.36. The number of hydrogen-bond acceptors (Lipinski definition) is 8. The van der Waals surface area contributed by atoms with Crippen LogP contribution in [0, 0.1) is 6.92 Å². The zero-order valence-corrected chi connectivity index (χ0v) is 20.4. The fourth-order valence-corrected chi connectivity index (χ4v) is 4.08. The number of aryl methyl sites for hydroxylation is 2. The highest BCUT2D eigenvalue weighted by Gasteiger charge is 2.34. The summed E-state index contributed by atoms with van der Waals surface area (Å²) in [5.41, 5.74) is -1.19. The maximum atomic E-state index is 13.2. The van der Waals surface area contributed by atoms with Gasteiger partial charge in [-0.1, -0.05) is 11.2 Å². The van der Waals surface area contributed by atoms with Gasteiger partial charge in [0.25, 0.3) is 5.56 Å². The molecule has 5 aromatic rings. The first-order valence-electron chi connectivity index (χ1n) is 11.4. The fourth-order valence-electron chi connectivity index (χ4n) is 4.08. The Kier molecular flexibility index (Phi) is 6.33. The molecule has 0 radical (unpaired) electrons. The Balaban J connectivity index is 1.40. The molecule has 200 valence electrons. The zero-order chi connectivity index (χ0) is 27.9. The number of nitrogens with zero attached hydrogens (tertiary/aromatic N) is 7. The molecule has 0 aliphatic rings. The summed E-state index contributed by atoms with van der Waals surface area (Å²) < 4.78 is 47.3. The number of alkyl halides is 3. The highest BCUT2D eigenvalue weighted by Crippen LogP contribution is 2.31. The summed E-state index contributed by atoms with van der Waals surface area (Å²) in [6, 6.07) is 7.49. The van der Waals surface area contributed by atoms with E-state index in [4.69, 9.17) is 4.52 Å². The molecule has 39 heavy (non-hydrogen) atoms. The van der Waals surface area contributed by atoms with Gasteiger partial charge in [0.2, 0.25) is 5.91 Å². The van der Waals surface area contributed by atoms with Crippen LogP contribution >= 0.6 is 0 Å². The van der Waals surface area contributed by atoms with Crippen molar-refractivity contribution in [1.82, 2.24) is 33.8 Å². The van der Waals surface area contributed by atoms with Crippen LogP contribution in [0.25, 0.3) is 22.4 Å². The second-order valence-electron chi connectivity index (χ2n) is 8.61. The molecular weight excluding hydrogens is 521 g/mol. The summed E-state index contributed by atoms with van der Waals surface area (Å²) in [5, 5.41) is 6.33. The van der Waals surface area contributed by atoms with E-state index in [-0.39, 0.29) is 35.6 Å². The van der Waals surface area contributed by atoms with Crippen LogP contribution in [-0.2, 0) is 31.1 Å². The van der Waals surface area contributed by atoms with Crippen LogP contribution in [0.2, 0.25) is 0 Å². The molecule has 0 spiro atoms. The van der Waals surface area contributed by atoms with E-state index in [9.17, 15) is 27.6 Å². The van der Waals surface area contributed by atoms with Crippen molar-refractivity contribution in [2.24, 2.45) is 7.05 Å². The molecule has 0 fully saturated rings. The summed E-state index contributed by atoms with van der Waals surface area (Å²) in [7, 11) is 1.45. The molecule has 0 unspecified atom stereocenters. The molecule has 0 atom stereocenters. The van der Waals surface area contributed by atoms with Gasteiger partial charge in [-0.25, -0.2) is 14.8 Å². The molecule has 0 saturated carbocycles. The second kappa shape index (κ2) is 9.66. The Hall–Kier alpha value is -5.08. The van der Waals surface area contributed by atoms with Crippen LogP contribution in [0.15, 0.2) is 63.2 Å². The van der Waals surface area contributed by atoms with E-state index in [1.54, 1.807) is 12.1 Å². The normalized spacial score (nSPS) is 11.7. The Bertz CT molecular complexity index is 1820. The average Bonchev–Trinajstić information content (AvgIpc) is 3.55. The number of hydrogen-bond donors (Lipinski definition) is 1. The summed E-state index contributed by atoms with van der Waals surface area (Å²) in [4.78, 5) is 50.7. The minimum absolute atomic E-state index is 0.0313. The van der Waals surface area contributed by atoms with Crippen molar-refractivity contribution in [2.75, 3.05) is 5.32 Å². The maximum absolute atomic E-state index is 13.2. The fraction of sp³-hybridized carbons (Fsp3) is 0.208. The van der Waals surface area contributed by atoms with Crippen molar-refractivity contribution < 1.29 is 22.5 Å². The Morgan fingerprint density at radius 2 is 1.95 bits per heavy atom. The van der Waals surface area contributed by atoms with Crippen LogP contribution in [0.5, 0.6) is 0 Å². The molecule has 0 saturated heterocycles. The van der Waals surface area contributed by atoms with Gasteiger partial charge >= 0.3 is 11.9 Å². The van der Waals surface area contributed by atoms with E-state index in [2.05, 4.69) is 25.4 Å². The Morgan fingerprint density at radius 1 is 1.15 bits per heavy atom. The van der Waals surface area contributed by atoms with Crippen molar-refractivity contribution in [2.45, 2.75) is 26.2 Å². The van der Waals surface area contributed by atoms with Crippen molar-refractivity contribution in [1.29, 1.82) is 0 Å². The SMILES string of the molecule is Cc1cc(-c2cccc(NC(=O)Cn3cnc4c3c(=O)n(Cc3ccon3)c(=O)n4C)n2)cnc1C(F)(F)F. The maximum Gasteiger partial charge on any atom is 0.433 e. The van der Waals surface area contributed by atoms with Gasteiger partial charge in [-0.15, -0.1) is 0 Å². The van der Waals surface area contributed by atoms with Gasteiger partial charge in [0.15, 0.2) is 11.2 Å². The first-order chi connectivity index (χ1) is 18.5. The molecule has 12 nitrogen and oxygen atoms in total. The van der Waals surface area contributed by atoms with Gasteiger partial charge in [-0.2, -0.15) is 13.2 Å². The number of amides is 1. The molecule has 5 aromatic heterocycles. The molecule has 15 heteroatoms. The molecule has 5 heterocycles. The van der Waals surface area contributed by atoms with E-state index in [1.165, 1.54) is 53.9 Å². The highest BCUT2D eigenvalue weighted by atomic mass is 19.4. The molecule has 1 N–H and O–H groups in total. The molecular formula is C24H19F3N8O4. The number of carbonyl (C=O) groups is 1. The number of pyridine rings is 2. The highest BCUT2D eigenvalue weighted by molar-refractivity contribution is 5.90. The van der Waals surface area contributed by atoms with Gasteiger partial charge in [-0.3, -0.25) is 23.7 Å². The number of nitrogens with one attached hydrogen (secondary N) is 1. The second-order valence-corrected chi connectivity index (χ2v) is 8.61. The monoisotopic (exact) mass is 540 g/mol. The molecule has 0 aromatic carbocycles. The Morgan fingerprint density at radius 3 is 2.64 bits per heavy atom. The smallest absolute Gasteiger partial charge is 0.364 e. The third-order valence-electron chi connectivity index (χ3n) is 5.89. The van der Waals surface area contributed by atoms with Gasteiger partial charge in [0.05, 0.1) is 18.6 Å². The molecule has 0 aliphatic heterocycles. The van der Waals surface area contributed by atoms with Crippen LogP contribution in [0.3, 0.4) is 0 Å². The molecule has 0 bridgehead atoms. The quantitative estimate of drug-likeness (QED) is 0.346. The number of fused-ring (bicyclic) bond motifs is 1.